The molecule has 2 aromatic carbocycles. The summed E-state index contributed by atoms with van der Waals surface area (Å²) >= 11 is 6.05. The summed E-state index contributed by atoms with van der Waals surface area (Å²) < 4.78 is 1.50. The lowest BCUT2D eigenvalue weighted by Crippen LogP contribution is -2.49. The lowest BCUT2D eigenvalue weighted by Gasteiger charge is -2.35. The third kappa shape index (κ3) is 4.08. The maximum atomic E-state index is 12.8. The van der Waals surface area contributed by atoms with Gasteiger partial charge < -0.3 is 4.90 Å². The lowest BCUT2D eigenvalue weighted by molar-refractivity contribution is -0.133. The number of halogens is 1. The molecule has 0 aliphatic carbocycles. The molecule has 0 radical (unpaired) electrons. The molecule has 0 saturated carbocycles. The molecule has 0 atom stereocenters. The first kappa shape index (κ1) is 18.7. The molecular weight excluding hydrogens is 376 g/mol. The van der Waals surface area contributed by atoms with Crippen molar-refractivity contribution in [3.8, 4) is 0 Å². The molecule has 1 saturated heterocycles. The van der Waals surface area contributed by atoms with Crippen LogP contribution < -0.4 is 5.56 Å². The first-order chi connectivity index (χ1) is 13.6. The number of hydrogen-bond donors (Lipinski definition) is 0. The van der Waals surface area contributed by atoms with Gasteiger partial charge in [0.2, 0.25) is 5.91 Å². The van der Waals surface area contributed by atoms with Crippen molar-refractivity contribution in [2.45, 2.75) is 13.1 Å². The van der Waals surface area contributed by atoms with Crippen molar-refractivity contribution in [1.82, 2.24) is 19.4 Å². The van der Waals surface area contributed by atoms with Crippen molar-refractivity contribution in [2.24, 2.45) is 0 Å². The number of piperazine rings is 1. The molecule has 2 heterocycles. The Hall–Kier alpha value is -2.70. The second kappa shape index (κ2) is 8.12. The first-order valence-electron chi connectivity index (χ1n) is 9.29. The summed E-state index contributed by atoms with van der Waals surface area (Å²) in [6.45, 7) is 3.75. The molecule has 0 N–H and O–H groups in total. The monoisotopic (exact) mass is 396 g/mol. The maximum Gasteiger partial charge on any atom is 0.269 e. The number of carbonyl (C=O) groups excluding carboxylic acids is 1. The number of amides is 1. The summed E-state index contributed by atoms with van der Waals surface area (Å²) in [6, 6.07) is 15.2. The zero-order valence-corrected chi connectivity index (χ0v) is 16.2. The van der Waals surface area contributed by atoms with Crippen LogP contribution >= 0.6 is 11.6 Å². The van der Waals surface area contributed by atoms with E-state index in [2.05, 4.69) is 16.0 Å². The van der Waals surface area contributed by atoms with Crippen LogP contribution in [0.1, 0.15) is 5.56 Å². The van der Waals surface area contributed by atoms with Gasteiger partial charge in [0.1, 0.15) is 6.54 Å². The zero-order valence-electron chi connectivity index (χ0n) is 15.4. The van der Waals surface area contributed by atoms with Gasteiger partial charge in [0, 0.05) is 37.7 Å². The molecule has 7 heteroatoms. The number of para-hydroxylation sites is 2. The lowest BCUT2D eigenvalue weighted by atomic mass is 10.2. The molecule has 1 aromatic heterocycles. The van der Waals surface area contributed by atoms with Gasteiger partial charge in [-0.2, -0.15) is 0 Å². The quantitative estimate of drug-likeness (QED) is 0.679. The third-order valence-electron chi connectivity index (χ3n) is 5.07. The van der Waals surface area contributed by atoms with Crippen LogP contribution in [0.4, 0.5) is 0 Å². The molecule has 1 amide bonds. The van der Waals surface area contributed by atoms with Crippen LogP contribution in [0.2, 0.25) is 5.02 Å². The minimum Gasteiger partial charge on any atom is -0.339 e. The Balaban J connectivity index is 1.40. The topological polar surface area (TPSA) is 58.4 Å². The fraction of sp³-hybridized carbons (Fsp3) is 0.286. The Kier molecular flexibility index (Phi) is 5.41. The maximum absolute atomic E-state index is 12.8. The summed E-state index contributed by atoms with van der Waals surface area (Å²) in [6.07, 6.45) is 1.28. The summed E-state index contributed by atoms with van der Waals surface area (Å²) in [5.41, 5.74) is 2.30. The van der Waals surface area contributed by atoms with Crippen LogP contribution in [0.5, 0.6) is 0 Å². The Bertz CT molecular complexity index is 1060. The Labute approximate surface area is 168 Å². The number of nitrogens with zero attached hydrogens (tertiary/aromatic N) is 4. The largest absolute Gasteiger partial charge is 0.339 e. The number of carbonyl (C=O) groups is 1. The van der Waals surface area contributed by atoms with Crippen LogP contribution in [-0.2, 0) is 17.9 Å². The number of hydrogen-bond acceptors (Lipinski definition) is 4. The fourth-order valence-electron chi connectivity index (χ4n) is 3.56. The van der Waals surface area contributed by atoms with E-state index in [4.69, 9.17) is 11.6 Å². The Morgan fingerprint density at radius 1 is 1.04 bits per heavy atom. The average molecular weight is 397 g/mol. The van der Waals surface area contributed by atoms with E-state index < -0.39 is 0 Å². The minimum atomic E-state index is -0.258. The second-order valence-electron chi connectivity index (χ2n) is 6.96. The summed E-state index contributed by atoms with van der Waals surface area (Å²) in [4.78, 5) is 33.3. The van der Waals surface area contributed by atoms with E-state index >= 15 is 0 Å². The van der Waals surface area contributed by atoms with Gasteiger partial charge in [0.15, 0.2) is 0 Å². The normalized spacial score (nSPS) is 15.1. The molecule has 4 rings (SSSR count). The van der Waals surface area contributed by atoms with Gasteiger partial charge in [-0.05, 0) is 29.8 Å². The molecular formula is C21H21ClN4O2. The van der Waals surface area contributed by atoms with Crippen LogP contribution in [-0.4, -0.2) is 51.4 Å². The number of fused-ring (bicyclic) bond motifs is 1. The highest BCUT2D eigenvalue weighted by atomic mass is 35.5. The minimum absolute atomic E-state index is 0.0379. The van der Waals surface area contributed by atoms with Gasteiger partial charge in [-0.15, -0.1) is 0 Å². The molecule has 6 nitrogen and oxygen atoms in total. The van der Waals surface area contributed by atoms with Gasteiger partial charge in [0.05, 0.1) is 17.2 Å². The van der Waals surface area contributed by atoms with E-state index in [1.54, 1.807) is 0 Å². The number of benzene rings is 2. The molecule has 0 spiro atoms. The third-order valence-corrected chi connectivity index (χ3v) is 5.30. The van der Waals surface area contributed by atoms with Gasteiger partial charge in [-0.1, -0.05) is 35.9 Å². The van der Waals surface area contributed by atoms with Gasteiger partial charge in [-0.3, -0.25) is 19.1 Å². The fourth-order valence-corrected chi connectivity index (χ4v) is 3.77. The summed E-state index contributed by atoms with van der Waals surface area (Å²) in [7, 11) is 0. The van der Waals surface area contributed by atoms with Crippen LogP contribution in [0, 0.1) is 0 Å². The van der Waals surface area contributed by atoms with Crippen molar-refractivity contribution in [2.75, 3.05) is 26.2 Å². The molecule has 1 aliphatic rings. The molecule has 1 aliphatic heterocycles. The van der Waals surface area contributed by atoms with Gasteiger partial charge in [-0.25, -0.2) is 4.98 Å². The molecule has 0 bridgehead atoms. The van der Waals surface area contributed by atoms with Crippen molar-refractivity contribution >= 4 is 28.5 Å². The highest BCUT2D eigenvalue weighted by Gasteiger charge is 2.22. The zero-order chi connectivity index (χ0) is 19.5. The average Bonchev–Trinajstić information content (AvgIpc) is 2.71. The van der Waals surface area contributed by atoms with Gasteiger partial charge >= 0.3 is 0 Å². The molecule has 1 fully saturated rings. The first-order valence-corrected chi connectivity index (χ1v) is 9.67. The smallest absolute Gasteiger partial charge is 0.269 e. The predicted molar refractivity (Wildman–Crippen MR) is 109 cm³/mol. The van der Waals surface area contributed by atoms with E-state index in [1.807, 2.05) is 47.4 Å². The van der Waals surface area contributed by atoms with Crippen molar-refractivity contribution in [3.63, 3.8) is 0 Å². The Morgan fingerprint density at radius 2 is 1.82 bits per heavy atom. The van der Waals surface area contributed by atoms with Crippen molar-refractivity contribution in [3.05, 3.63) is 75.7 Å². The molecule has 3 aromatic rings. The number of rotatable bonds is 4. The van der Waals surface area contributed by atoms with E-state index in [1.165, 1.54) is 16.3 Å². The summed E-state index contributed by atoms with van der Waals surface area (Å²) in [5.74, 6) is -0.0409. The predicted octanol–water partition coefficient (Wildman–Crippen LogP) is 2.39. The molecule has 144 valence electrons. The van der Waals surface area contributed by atoms with Crippen LogP contribution in [0.25, 0.3) is 11.0 Å². The highest BCUT2D eigenvalue weighted by molar-refractivity contribution is 6.30. The van der Waals surface area contributed by atoms with Gasteiger partial charge in [0.25, 0.3) is 5.56 Å². The van der Waals surface area contributed by atoms with Crippen LogP contribution in [0.15, 0.2) is 59.5 Å². The van der Waals surface area contributed by atoms with E-state index in [0.29, 0.717) is 24.1 Å². The Morgan fingerprint density at radius 3 is 2.61 bits per heavy atom. The van der Waals surface area contributed by atoms with E-state index in [0.717, 1.165) is 24.7 Å². The number of aromatic nitrogens is 2. The summed E-state index contributed by atoms with van der Waals surface area (Å²) in [5, 5.41) is 0.737. The van der Waals surface area contributed by atoms with E-state index in [-0.39, 0.29) is 18.0 Å². The molecule has 28 heavy (non-hydrogen) atoms. The van der Waals surface area contributed by atoms with Crippen molar-refractivity contribution < 1.29 is 4.79 Å². The SMILES string of the molecule is O=C(Cn1c(=O)cnc2ccccc21)N1CCN(Cc2cccc(Cl)c2)CC1. The van der Waals surface area contributed by atoms with Crippen molar-refractivity contribution in [1.29, 1.82) is 0 Å². The molecule has 0 unspecified atom stereocenters. The second-order valence-corrected chi connectivity index (χ2v) is 7.39. The standard InChI is InChI=1S/C21H21ClN4O2/c22-17-5-3-4-16(12-17)14-24-8-10-25(11-9-24)21(28)15-26-19-7-2-1-6-18(19)23-13-20(26)27/h1-7,12-13H,8-11,14-15H2. The van der Waals surface area contributed by atoms with Crippen LogP contribution in [0.3, 0.4) is 0 Å². The van der Waals surface area contributed by atoms with E-state index in [9.17, 15) is 9.59 Å². The highest BCUT2D eigenvalue weighted by Crippen LogP contribution is 2.14.